The number of aryl methyl sites for hydroxylation is 1. The molecule has 1 atom stereocenters. The van der Waals surface area contributed by atoms with Crippen LogP contribution in [-0.4, -0.2) is 9.78 Å². The van der Waals surface area contributed by atoms with E-state index in [1.165, 1.54) is 12.1 Å². The lowest BCUT2D eigenvalue weighted by molar-refractivity contribution is 0.601. The zero-order valence-electron chi connectivity index (χ0n) is 10.1. The average molecular weight is 312 g/mol. The monoisotopic (exact) mass is 311 g/mol. The fourth-order valence-corrected chi connectivity index (χ4v) is 2.42. The van der Waals surface area contributed by atoms with Gasteiger partial charge in [-0.15, -0.1) is 0 Å². The van der Waals surface area contributed by atoms with Gasteiger partial charge in [-0.25, -0.2) is 4.39 Å². The molecule has 0 aliphatic rings. The van der Waals surface area contributed by atoms with Crippen LogP contribution in [0.2, 0.25) is 0 Å². The molecule has 1 aromatic carbocycles. The summed E-state index contributed by atoms with van der Waals surface area (Å²) in [6.07, 6.45) is 4.72. The average Bonchev–Trinajstić information content (AvgIpc) is 2.77. The van der Waals surface area contributed by atoms with Crippen molar-refractivity contribution in [2.24, 2.45) is 5.73 Å². The summed E-state index contributed by atoms with van der Waals surface area (Å²) in [6, 6.07) is 4.23. The summed E-state index contributed by atoms with van der Waals surface area (Å²) in [5, 5.41) is 4.25. The number of nitrogens with two attached hydrogens (primary N) is 1. The van der Waals surface area contributed by atoms with Crippen LogP contribution < -0.4 is 5.73 Å². The van der Waals surface area contributed by atoms with E-state index >= 15 is 0 Å². The van der Waals surface area contributed by atoms with Gasteiger partial charge in [-0.1, -0.05) is 28.9 Å². The predicted octanol–water partition coefficient (Wildman–Crippen LogP) is 3.24. The van der Waals surface area contributed by atoms with Gasteiger partial charge in [0.2, 0.25) is 0 Å². The third-order valence-corrected chi connectivity index (χ3v) is 3.45. The number of benzene rings is 1. The molecule has 0 bridgehead atoms. The first-order valence-corrected chi connectivity index (χ1v) is 6.64. The minimum absolute atomic E-state index is 0.278. The van der Waals surface area contributed by atoms with Gasteiger partial charge >= 0.3 is 0 Å². The normalized spacial score (nSPS) is 12.7. The minimum atomic E-state index is -0.300. The van der Waals surface area contributed by atoms with Crippen molar-refractivity contribution in [2.75, 3.05) is 0 Å². The molecule has 0 saturated carbocycles. The van der Waals surface area contributed by atoms with E-state index < -0.39 is 0 Å². The molecule has 1 heterocycles. The Kier molecular flexibility index (Phi) is 4.14. The van der Waals surface area contributed by atoms with Gasteiger partial charge in [0, 0.05) is 22.8 Å². The zero-order valence-corrected chi connectivity index (χ0v) is 11.7. The van der Waals surface area contributed by atoms with Crippen LogP contribution in [0.5, 0.6) is 0 Å². The summed E-state index contributed by atoms with van der Waals surface area (Å²) < 4.78 is 15.6. The second kappa shape index (κ2) is 5.63. The molecule has 0 saturated heterocycles. The highest BCUT2D eigenvalue weighted by Gasteiger charge is 2.14. The van der Waals surface area contributed by atoms with Crippen LogP contribution in [0.25, 0.3) is 0 Å². The minimum Gasteiger partial charge on any atom is -0.320 e. The molecular weight excluding hydrogens is 297 g/mol. The largest absolute Gasteiger partial charge is 0.320 e. The lowest BCUT2D eigenvalue weighted by Gasteiger charge is -2.12. The summed E-state index contributed by atoms with van der Waals surface area (Å²) in [4.78, 5) is 0. The predicted molar refractivity (Wildman–Crippen MR) is 72.6 cm³/mol. The van der Waals surface area contributed by atoms with Crippen molar-refractivity contribution in [2.45, 2.75) is 25.9 Å². The Hall–Kier alpha value is -1.20. The van der Waals surface area contributed by atoms with Gasteiger partial charge < -0.3 is 5.73 Å². The van der Waals surface area contributed by atoms with Crippen molar-refractivity contribution < 1.29 is 4.39 Å². The van der Waals surface area contributed by atoms with Gasteiger partial charge in [0.1, 0.15) is 5.82 Å². The van der Waals surface area contributed by atoms with E-state index in [2.05, 4.69) is 28.0 Å². The summed E-state index contributed by atoms with van der Waals surface area (Å²) in [7, 11) is 0. The third kappa shape index (κ3) is 2.79. The molecule has 0 amide bonds. The summed E-state index contributed by atoms with van der Waals surface area (Å²) >= 11 is 3.34. The maximum atomic E-state index is 13.0. The van der Waals surface area contributed by atoms with Crippen molar-refractivity contribution >= 4 is 15.9 Å². The van der Waals surface area contributed by atoms with Crippen molar-refractivity contribution in [3.63, 3.8) is 0 Å². The van der Waals surface area contributed by atoms with Gasteiger partial charge in [-0.3, -0.25) is 4.68 Å². The molecule has 3 nitrogen and oxygen atoms in total. The van der Waals surface area contributed by atoms with Crippen LogP contribution in [0, 0.1) is 5.82 Å². The Balaban J connectivity index is 2.26. The summed E-state index contributed by atoms with van der Waals surface area (Å²) in [6.45, 7) is 2.97. The molecule has 0 spiro atoms. The fraction of sp³-hybridized carbons (Fsp3) is 0.308. The molecule has 5 heteroatoms. The molecule has 96 valence electrons. The molecule has 2 aromatic rings. The molecule has 0 aliphatic heterocycles. The van der Waals surface area contributed by atoms with E-state index in [0.29, 0.717) is 4.47 Å². The first-order chi connectivity index (χ1) is 8.61. The van der Waals surface area contributed by atoms with E-state index in [-0.39, 0.29) is 11.9 Å². The number of nitrogens with zero attached hydrogens (tertiary/aromatic N) is 2. The van der Waals surface area contributed by atoms with Crippen molar-refractivity contribution in [3.05, 3.63) is 52.0 Å². The maximum Gasteiger partial charge on any atom is 0.124 e. The van der Waals surface area contributed by atoms with Gasteiger partial charge in [0.25, 0.3) is 0 Å². The quantitative estimate of drug-likeness (QED) is 0.942. The molecule has 0 radical (unpaired) electrons. The molecule has 1 unspecified atom stereocenters. The van der Waals surface area contributed by atoms with Crippen LogP contribution in [0.15, 0.2) is 35.1 Å². The van der Waals surface area contributed by atoms with Crippen molar-refractivity contribution in [1.29, 1.82) is 0 Å². The second-order valence-electron chi connectivity index (χ2n) is 4.18. The van der Waals surface area contributed by atoms with E-state index in [1.54, 1.807) is 12.3 Å². The number of hydrogen-bond acceptors (Lipinski definition) is 2. The molecular formula is C13H15BrFN3. The number of hydrogen-bond donors (Lipinski definition) is 1. The first-order valence-electron chi connectivity index (χ1n) is 5.84. The highest BCUT2D eigenvalue weighted by Crippen LogP contribution is 2.27. The van der Waals surface area contributed by atoms with Crippen LogP contribution in [0.4, 0.5) is 4.39 Å². The third-order valence-electron chi connectivity index (χ3n) is 2.76. The van der Waals surface area contributed by atoms with Gasteiger partial charge in [-0.05, 0) is 24.1 Å². The zero-order chi connectivity index (χ0) is 13.1. The number of halogens is 2. The van der Waals surface area contributed by atoms with Crippen LogP contribution in [0.3, 0.4) is 0 Å². The lowest BCUT2D eigenvalue weighted by atomic mass is 10.0. The Bertz CT molecular complexity index is 539. The van der Waals surface area contributed by atoms with Gasteiger partial charge in [0.15, 0.2) is 0 Å². The SMILES string of the molecule is CCCn1cc(C(N)c2ccc(F)cc2Br)cn1. The topological polar surface area (TPSA) is 43.8 Å². The van der Waals surface area contributed by atoms with Crippen LogP contribution in [-0.2, 0) is 6.54 Å². The van der Waals surface area contributed by atoms with Crippen molar-refractivity contribution in [1.82, 2.24) is 9.78 Å². The van der Waals surface area contributed by atoms with E-state index in [4.69, 9.17) is 5.73 Å². The standard InChI is InChI=1S/C13H15BrFN3/c1-2-5-18-8-9(7-17-18)13(16)11-4-3-10(15)6-12(11)14/h3-4,6-8,13H,2,5,16H2,1H3. The molecule has 0 fully saturated rings. The number of rotatable bonds is 4. The van der Waals surface area contributed by atoms with E-state index in [0.717, 1.165) is 24.1 Å². The Morgan fingerprint density at radius 2 is 2.28 bits per heavy atom. The molecule has 2 rings (SSSR count). The maximum absolute atomic E-state index is 13.0. The van der Waals surface area contributed by atoms with E-state index in [1.807, 2.05) is 10.9 Å². The van der Waals surface area contributed by atoms with Gasteiger partial charge in [-0.2, -0.15) is 5.10 Å². The highest BCUT2D eigenvalue weighted by molar-refractivity contribution is 9.10. The Morgan fingerprint density at radius 3 is 2.94 bits per heavy atom. The summed E-state index contributed by atoms with van der Waals surface area (Å²) in [5.41, 5.74) is 7.95. The fourth-order valence-electron chi connectivity index (χ4n) is 1.82. The molecule has 0 aliphatic carbocycles. The lowest BCUT2D eigenvalue weighted by Crippen LogP contribution is -2.12. The van der Waals surface area contributed by atoms with Crippen LogP contribution in [0.1, 0.15) is 30.5 Å². The molecule has 1 aromatic heterocycles. The molecule has 18 heavy (non-hydrogen) atoms. The first kappa shape index (κ1) is 13.2. The Morgan fingerprint density at radius 1 is 1.50 bits per heavy atom. The van der Waals surface area contributed by atoms with Crippen LogP contribution >= 0.6 is 15.9 Å². The summed E-state index contributed by atoms with van der Waals surface area (Å²) in [5.74, 6) is -0.278. The van der Waals surface area contributed by atoms with Gasteiger partial charge in [0.05, 0.1) is 12.2 Å². The van der Waals surface area contributed by atoms with E-state index in [9.17, 15) is 4.39 Å². The highest BCUT2D eigenvalue weighted by atomic mass is 79.9. The Labute approximate surface area is 114 Å². The van der Waals surface area contributed by atoms with Crippen molar-refractivity contribution in [3.8, 4) is 0 Å². The smallest absolute Gasteiger partial charge is 0.124 e. The molecule has 2 N–H and O–H groups in total. The second-order valence-corrected chi connectivity index (χ2v) is 5.03. The number of aromatic nitrogens is 2.